The second kappa shape index (κ2) is 10.3. The summed E-state index contributed by atoms with van der Waals surface area (Å²) in [6.07, 6.45) is 5.34. The highest BCUT2D eigenvalue weighted by Crippen LogP contribution is 2.34. The molecule has 1 amide bonds. The number of hydrogen-bond donors (Lipinski definition) is 0. The van der Waals surface area contributed by atoms with Gasteiger partial charge in [0.2, 0.25) is 0 Å². The van der Waals surface area contributed by atoms with Gasteiger partial charge in [-0.25, -0.2) is 4.98 Å². The monoisotopic (exact) mass is 500 g/mol. The predicted octanol–water partition coefficient (Wildman–Crippen LogP) is 3.39. The quantitative estimate of drug-likeness (QED) is 0.339. The fraction of sp³-hybridized carbons (Fsp3) is 0.458. The van der Waals surface area contributed by atoms with Gasteiger partial charge in [0.15, 0.2) is 0 Å². The van der Waals surface area contributed by atoms with Gasteiger partial charge in [0.25, 0.3) is 11.5 Å². The van der Waals surface area contributed by atoms with Gasteiger partial charge in [0.1, 0.15) is 15.8 Å². The second-order valence-electron chi connectivity index (χ2n) is 8.39. The summed E-state index contributed by atoms with van der Waals surface area (Å²) in [5.74, 6) is 0.0116. The van der Waals surface area contributed by atoms with Crippen LogP contribution < -0.4 is 10.5 Å². The molecule has 2 fully saturated rings. The molecule has 180 valence electrons. The molecule has 0 N–H and O–H groups in total. The Labute approximate surface area is 208 Å². The van der Waals surface area contributed by atoms with Crippen LogP contribution in [-0.4, -0.2) is 56.7 Å². The van der Waals surface area contributed by atoms with Gasteiger partial charge in [-0.2, -0.15) is 0 Å². The highest BCUT2D eigenvalue weighted by atomic mass is 32.2. The molecule has 0 saturated carbocycles. The van der Waals surface area contributed by atoms with E-state index in [4.69, 9.17) is 21.9 Å². The number of thioether (sulfide) groups is 1. The van der Waals surface area contributed by atoms with Gasteiger partial charge in [-0.3, -0.25) is 23.7 Å². The lowest BCUT2D eigenvalue weighted by Crippen LogP contribution is -2.39. The molecular weight excluding hydrogens is 472 g/mol. The van der Waals surface area contributed by atoms with Crippen LogP contribution in [0.5, 0.6) is 0 Å². The van der Waals surface area contributed by atoms with Gasteiger partial charge in [-0.05, 0) is 50.8 Å². The number of rotatable bonds is 6. The molecular formula is C24H28N4O4S2. The van der Waals surface area contributed by atoms with Crippen molar-refractivity contribution in [3.63, 3.8) is 0 Å². The van der Waals surface area contributed by atoms with Gasteiger partial charge in [0, 0.05) is 25.8 Å². The molecule has 2 aliphatic rings. The van der Waals surface area contributed by atoms with E-state index in [0.29, 0.717) is 65.3 Å². The Morgan fingerprint density at radius 2 is 2.03 bits per heavy atom. The molecule has 0 bridgehead atoms. The SMILES string of the molecule is CCCN1C(=O)/C(=C/c2c(N3CCC(C(=O)OCC)CC3)nc3c(C)cccn3c2=O)SC1=S. The number of aromatic nitrogens is 2. The molecule has 2 aliphatic heterocycles. The van der Waals surface area contributed by atoms with Crippen molar-refractivity contribution in [3.05, 3.63) is 44.7 Å². The van der Waals surface area contributed by atoms with Crippen molar-refractivity contribution in [1.29, 1.82) is 0 Å². The molecule has 0 spiro atoms. The van der Waals surface area contributed by atoms with Crippen LogP contribution in [0.15, 0.2) is 28.0 Å². The maximum atomic E-state index is 13.6. The summed E-state index contributed by atoms with van der Waals surface area (Å²) in [4.78, 5) is 47.6. The smallest absolute Gasteiger partial charge is 0.309 e. The zero-order valence-corrected chi connectivity index (χ0v) is 21.2. The lowest BCUT2D eigenvalue weighted by atomic mass is 9.96. The maximum Gasteiger partial charge on any atom is 0.309 e. The van der Waals surface area contributed by atoms with Crippen molar-refractivity contribution in [2.75, 3.05) is 31.1 Å². The number of esters is 1. The van der Waals surface area contributed by atoms with Crippen molar-refractivity contribution in [3.8, 4) is 0 Å². The molecule has 4 rings (SSSR count). The van der Waals surface area contributed by atoms with Crippen LogP contribution in [0, 0.1) is 12.8 Å². The number of hydrogen-bond acceptors (Lipinski definition) is 8. The molecule has 0 aliphatic carbocycles. The van der Waals surface area contributed by atoms with Crippen LogP contribution in [0.1, 0.15) is 44.2 Å². The number of carbonyl (C=O) groups is 2. The fourth-order valence-corrected chi connectivity index (χ4v) is 5.59. The van der Waals surface area contributed by atoms with Gasteiger partial charge >= 0.3 is 5.97 Å². The lowest BCUT2D eigenvalue weighted by molar-refractivity contribution is -0.148. The molecule has 2 saturated heterocycles. The van der Waals surface area contributed by atoms with Gasteiger partial charge in [-0.15, -0.1) is 0 Å². The van der Waals surface area contributed by atoms with E-state index in [-0.39, 0.29) is 23.4 Å². The first-order valence-electron chi connectivity index (χ1n) is 11.5. The van der Waals surface area contributed by atoms with Crippen molar-refractivity contribution in [2.24, 2.45) is 5.92 Å². The lowest BCUT2D eigenvalue weighted by Gasteiger charge is -2.32. The number of carbonyl (C=O) groups excluding carboxylic acids is 2. The Balaban J connectivity index is 1.76. The molecule has 0 radical (unpaired) electrons. The number of nitrogens with zero attached hydrogens (tertiary/aromatic N) is 4. The van der Waals surface area contributed by atoms with E-state index >= 15 is 0 Å². The summed E-state index contributed by atoms with van der Waals surface area (Å²) in [6.45, 7) is 7.74. The Bertz CT molecular complexity index is 1230. The first-order valence-corrected chi connectivity index (χ1v) is 12.8. The number of amides is 1. The third-order valence-electron chi connectivity index (χ3n) is 6.07. The van der Waals surface area contributed by atoms with Crippen LogP contribution in [0.4, 0.5) is 5.82 Å². The Morgan fingerprint density at radius 3 is 2.71 bits per heavy atom. The van der Waals surface area contributed by atoms with Crippen LogP contribution >= 0.6 is 24.0 Å². The number of fused-ring (bicyclic) bond motifs is 1. The largest absolute Gasteiger partial charge is 0.466 e. The normalized spacial score (nSPS) is 18.4. The van der Waals surface area contributed by atoms with Gasteiger partial charge < -0.3 is 9.64 Å². The average molecular weight is 501 g/mol. The van der Waals surface area contributed by atoms with E-state index < -0.39 is 0 Å². The molecule has 34 heavy (non-hydrogen) atoms. The van der Waals surface area contributed by atoms with Crippen molar-refractivity contribution < 1.29 is 14.3 Å². The maximum absolute atomic E-state index is 13.6. The van der Waals surface area contributed by atoms with Crippen LogP contribution in [0.25, 0.3) is 11.7 Å². The molecule has 2 aromatic heterocycles. The van der Waals surface area contributed by atoms with E-state index in [9.17, 15) is 14.4 Å². The summed E-state index contributed by atoms with van der Waals surface area (Å²) < 4.78 is 7.20. The summed E-state index contributed by atoms with van der Waals surface area (Å²) in [5, 5.41) is 0. The molecule has 2 aromatic rings. The number of ether oxygens (including phenoxy) is 1. The summed E-state index contributed by atoms with van der Waals surface area (Å²) in [6, 6.07) is 3.72. The Hall–Kier alpha value is -2.72. The summed E-state index contributed by atoms with van der Waals surface area (Å²) in [5.41, 5.74) is 1.57. The first-order chi connectivity index (χ1) is 16.3. The number of anilines is 1. The minimum Gasteiger partial charge on any atom is -0.466 e. The van der Waals surface area contributed by atoms with E-state index in [1.807, 2.05) is 24.8 Å². The van der Waals surface area contributed by atoms with E-state index in [1.165, 1.54) is 16.2 Å². The van der Waals surface area contributed by atoms with Crippen LogP contribution in [-0.2, 0) is 14.3 Å². The van der Waals surface area contributed by atoms with Crippen molar-refractivity contribution in [1.82, 2.24) is 14.3 Å². The number of aryl methyl sites for hydroxylation is 1. The van der Waals surface area contributed by atoms with Crippen molar-refractivity contribution >= 4 is 57.7 Å². The Morgan fingerprint density at radius 1 is 1.29 bits per heavy atom. The number of thiocarbonyl (C=S) groups is 1. The first kappa shape index (κ1) is 24.4. The van der Waals surface area contributed by atoms with Crippen LogP contribution in [0.2, 0.25) is 0 Å². The summed E-state index contributed by atoms with van der Waals surface area (Å²) in [7, 11) is 0. The average Bonchev–Trinajstić information content (AvgIpc) is 3.09. The van der Waals surface area contributed by atoms with Gasteiger partial charge in [-0.1, -0.05) is 37.0 Å². The number of pyridine rings is 1. The minimum atomic E-state index is -0.239. The zero-order valence-electron chi connectivity index (χ0n) is 19.6. The van der Waals surface area contributed by atoms with Crippen LogP contribution in [0.3, 0.4) is 0 Å². The zero-order chi connectivity index (χ0) is 24.4. The Kier molecular flexibility index (Phi) is 7.37. The topological polar surface area (TPSA) is 84.2 Å². The predicted molar refractivity (Wildman–Crippen MR) is 138 cm³/mol. The van der Waals surface area contributed by atoms with E-state index in [1.54, 1.807) is 30.2 Å². The molecule has 0 aromatic carbocycles. The molecule has 10 heteroatoms. The third kappa shape index (κ3) is 4.61. The minimum absolute atomic E-state index is 0.159. The van der Waals surface area contributed by atoms with Crippen molar-refractivity contribution in [2.45, 2.75) is 40.0 Å². The molecule has 8 nitrogen and oxygen atoms in total. The fourth-order valence-electron chi connectivity index (χ4n) is 4.30. The highest BCUT2D eigenvalue weighted by molar-refractivity contribution is 8.26. The third-order valence-corrected chi connectivity index (χ3v) is 7.45. The summed E-state index contributed by atoms with van der Waals surface area (Å²) >= 11 is 6.61. The van der Waals surface area contributed by atoms with E-state index in [0.717, 1.165) is 12.0 Å². The number of piperidine rings is 1. The molecule has 4 heterocycles. The highest BCUT2D eigenvalue weighted by Gasteiger charge is 2.33. The molecule has 0 unspecified atom stereocenters. The van der Waals surface area contributed by atoms with Gasteiger partial charge in [0.05, 0.1) is 23.0 Å². The molecule has 0 atom stereocenters. The standard InChI is InChI=1S/C24H28N4O4S2/c1-4-10-28-22(30)18(34-24(28)33)14-17-20(25-19-15(3)7-6-11-27(19)21(17)29)26-12-8-16(9-13-26)23(31)32-5-2/h6-7,11,14,16H,4-5,8-10,12-13H2,1-3H3/b18-14-. The second-order valence-corrected chi connectivity index (χ2v) is 10.1. The van der Waals surface area contributed by atoms with E-state index in [2.05, 4.69) is 0 Å².